The fourth-order valence-electron chi connectivity index (χ4n) is 2.55. The first-order chi connectivity index (χ1) is 13.6. The van der Waals surface area contributed by atoms with Crippen molar-refractivity contribution >= 4 is 28.9 Å². The summed E-state index contributed by atoms with van der Waals surface area (Å²) in [7, 11) is 0. The van der Waals surface area contributed by atoms with E-state index >= 15 is 0 Å². The molecule has 0 radical (unpaired) electrons. The van der Waals surface area contributed by atoms with Gasteiger partial charge in [0.05, 0.1) is 36.2 Å². The van der Waals surface area contributed by atoms with Crippen LogP contribution in [0, 0.1) is 16.0 Å². The van der Waals surface area contributed by atoms with Gasteiger partial charge in [-0.15, -0.1) is 0 Å². The van der Waals surface area contributed by atoms with Crippen molar-refractivity contribution in [3.8, 4) is 5.88 Å². The first-order valence-electron chi connectivity index (χ1n) is 8.75. The summed E-state index contributed by atoms with van der Waals surface area (Å²) in [5.74, 6) is 1.33. The number of ether oxygens (including phenoxy) is 1. The van der Waals surface area contributed by atoms with Gasteiger partial charge in [-0.1, -0.05) is 23.7 Å². The SMILES string of the molecule is O=[N+]([O-])c1ccc(Cn2cc(Nc3ncc(Cl)c(OCC4CC4)n3)cn2)cc1. The number of nitrogens with one attached hydrogen (secondary N) is 1. The van der Waals surface area contributed by atoms with Crippen LogP contribution in [-0.4, -0.2) is 31.3 Å². The number of rotatable bonds is 8. The number of non-ortho nitro benzene ring substituents is 1. The number of anilines is 2. The molecule has 2 heterocycles. The molecule has 1 aliphatic carbocycles. The summed E-state index contributed by atoms with van der Waals surface area (Å²) >= 11 is 6.09. The number of halogens is 1. The minimum absolute atomic E-state index is 0.0613. The van der Waals surface area contributed by atoms with E-state index in [1.54, 1.807) is 29.2 Å². The second kappa shape index (κ2) is 7.81. The van der Waals surface area contributed by atoms with E-state index in [1.165, 1.54) is 31.2 Å². The van der Waals surface area contributed by atoms with Crippen molar-refractivity contribution < 1.29 is 9.66 Å². The van der Waals surface area contributed by atoms with Crippen LogP contribution in [0.25, 0.3) is 0 Å². The molecule has 0 unspecified atom stereocenters. The van der Waals surface area contributed by atoms with Crippen LogP contribution >= 0.6 is 11.6 Å². The van der Waals surface area contributed by atoms with Crippen molar-refractivity contribution in [2.75, 3.05) is 11.9 Å². The maximum atomic E-state index is 10.7. The molecule has 1 N–H and O–H groups in total. The highest BCUT2D eigenvalue weighted by Gasteiger charge is 2.22. The summed E-state index contributed by atoms with van der Waals surface area (Å²) < 4.78 is 7.37. The van der Waals surface area contributed by atoms with Gasteiger partial charge in [0.25, 0.3) is 5.69 Å². The molecule has 10 heteroatoms. The Labute approximate surface area is 165 Å². The van der Waals surface area contributed by atoms with Gasteiger partial charge in [0.1, 0.15) is 5.02 Å². The van der Waals surface area contributed by atoms with Crippen LogP contribution < -0.4 is 10.1 Å². The lowest BCUT2D eigenvalue weighted by atomic mass is 10.2. The Bertz CT molecular complexity index is 987. The molecule has 1 fully saturated rings. The quantitative estimate of drug-likeness (QED) is 0.452. The van der Waals surface area contributed by atoms with Gasteiger partial charge in [0.2, 0.25) is 11.8 Å². The average Bonchev–Trinajstić information content (AvgIpc) is 3.42. The summed E-state index contributed by atoms with van der Waals surface area (Å²) in [6.07, 6.45) is 7.31. The molecule has 0 bridgehead atoms. The number of nitro groups is 1. The summed E-state index contributed by atoms with van der Waals surface area (Å²) in [6.45, 7) is 1.10. The van der Waals surface area contributed by atoms with Gasteiger partial charge in [-0.3, -0.25) is 14.8 Å². The molecule has 0 saturated heterocycles. The standard InChI is InChI=1S/C18H17ClN6O3/c19-16-8-20-18(23-17(16)28-11-13-1-2-13)22-14-7-21-24(10-14)9-12-3-5-15(6-4-12)25(26)27/h3-8,10,13H,1-2,9,11H2,(H,20,22,23). The third-order valence-corrected chi connectivity index (χ3v) is 4.50. The molecule has 4 rings (SSSR count). The van der Waals surface area contributed by atoms with Gasteiger partial charge < -0.3 is 10.1 Å². The topological polar surface area (TPSA) is 108 Å². The number of hydrogen-bond acceptors (Lipinski definition) is 7. The van der Waals surface area contributed by atoms with E-state index in [0.29, 0.717) is 41.6 Å². The normalized spacial score (nSPS) is 13.3. The van der Waals surface area contributed by atoms with E-state index in [2.05, 4.69) is 20.4 Å². The van der Waals surface area contributed by atoms with E-state index < -0.39 is 4.92 Å². The van der Waals surface area contributed by atoms with Crippen LogP contribution in [0.1, 0.15) is 18.4 Å². The highest BCUT2D eigenvalue weighted by molar-refractivity contribution is 6.31. The smallest absolute Gasteiger partial charge is 0.269 e. The summed E-state index contributed by atoms with van der Waals surface area (Å²) in [5, 5.41) is 18.4. The lowest BCUT2D eigenvalue weighted by molar-refractivity contribution is -0.384. The fourth-order valence-corrected chi connectivity index (χ4v) is 2.69. The number of aromatic nitrogens is 4. The van der Waals surface area contributed by atoms with Crippen LogP contribution in [0.3, 0.4) is 0 Å². The molecule has 144 valence electrons. The highest BCUT2D eigenvalue weighted by atomic mass is 35.5. The van der Waals surface area contributed by atoms with Crippen molar-refractivity contribution in [2.24, 2.45) is 5.92 Å². The summed E-state index contributed by atoms with van der Waals surface area (Å²) in [5.41, 5.74) is 1.67. The van der Waals surface area contributed by atoms with Gasteiger partial charge >= 0.3 is 0 Å². The molecule has 3 aromatic rings. The van der Waals surface area contributed by atoms with Crippen molar-refractivity contribution in [1.82, 2.24) is 19.7 Å². The van der Waals surface area contributed by atoms with Gasteiger partial charge in [-0.25, -0.2) is 4.98 Å². The van der Waals surface area contributed by atoms with Gasteiger partial charge in [0.15, 0.2) is 0 Å². The van der Waals surface area contributed by atoms with Crippen LogP contribution in [0.4, 0.5) is 17.3 Å². The largest absolute Gasteiger partial charge is 0.476 e. The summed E-state index contributed by atoms with van der Waals surface area (Å²) in [4.78, 5) is 18.8. The zero-order chi connectivity index (χ0) is 19.5. The third-order valence-electron chi connectivity index (χ3n) is 4.25. The first kappa shape index (κ1) is 18.2. The lowest BCUT2D eigenvalue weighted by Crippen LogP contribution is -2.04. The molecular formula is C18H17ClN6O3. The molecule has 0 amide bonds. The maximum absolute atomic E-state index is 10.7. The van der Waals surface area contributed by atoms with Crippen molar-refractivity contribution in [1.29, 1.82) is 0 Å². The molecule has 0 spiro atoms. The Morgan fingerprint density at radius 2 is 2.07 bits per heavy atom. The molecule has 1 saturated carbocycles. The average molecular weight is 401 g/mol. The molecule has 28 heavy (non-hydrogen) atoms. The number of hydrogen-bond donors (Lipinski definition) is 1. The van der Waals surface area contributed by atoms with Crippen LogP contribution in [-0.2, 0) is 6.54 Å². The maximum Gasteiger partial charge on any atom is 0.269 e. The monoisotopic (exact) mass is 400 g/mol. The van der Waals surface area contributed by atoms with Crippen LogP contribution in [0.2, 0.25) is 5.02 Å². The van der Waals surface area contributed by atoms with Crippen molar-refractivity contribution in [3.05, 3.63) is 63.6 Å². The molecule has 2 aromatic heterocycles. The lowest BCUT2D eigenvalue weighted by Gasteiger charge is -2.08. The van der Waals surface area contributed by atoms with E-state index in [0.717, 1.165) is 5.56 Å². The zero-order valence-electron chi connectivity index (χ0n) is 14.8. The minimum Gasteiger partial charge on any atom is -0.476 e. The number of nitrogens with zero attached hydrogens (tertiary/aromatic N) is 5. The molecule has 9 nitrogen and oxygen atoms in total. The highest BCUT2D eigenvalue weighted by Crippen LogP contribution is 2.31. The predicted molar refractivity (Wildman–Crippen MR) is 103 cm³/mol. The minimum atomic E-state index is -0.422. The Morgan fingerprint density at radius 1 is 1.29 bits per heavy atom. The van der Waals surface area contributed by atoms with Gasteiger partial charge in [0, 0.05) is 18.3 Å². The summed E-state index contributed by atoms with van der Waals surface area (Å²) in [6, 6.07) is 6.36. The number of benzene rings is 1. The van der Waals surface area contributed by atoms with E-state index in [-0.39, 0.29) is 5.69 Å². The molecule has 0 atom stereocenters. The van der Waals surface area contributed by atoms with E-state index in [1.807, 2.05) is 0 Å². The zero-order valence-corrected chi connectivity index (χ0v) is 15.5. The second-order valence-electron chi connectivity index (χ2n) is 6.58. The molecular weight excluding hydrogens is 384 g/mol. The number of nitro benzene ring substituents is 1. The van der Waals surface area contributed by atoms with Crippen molar-refractivity contribution in [3.63, 3.8) is 0 Å². The Morgan fingerprint density at radius 3 is 2.79 bits per heavy atom. The Kier molecular flexibility index (Phi) is 5.07. The van der Waals surface area contributed by atoms with Crippen LogP contribution in [0.15, 0.2) is 42.9 Å². The van der Waals surface area contributed by atoms with E-state index in [9.17, 15) is 10.1 Å². The first-order valence-corrected chi connectivity index (χ1v) is 9.13. The fraction of sp³-hybridized carbons (Fsp3) is 0.278. The Hall–Kier alpha value is -3.20. The van der Waals surface area contributed by atoms with Crippen LogP contribution in [0.5, 0.6) is 5.88 Å². The molecule has 0 aliphatic heterocycles. The predicted octanol–water partition coefficient (Wildman–Crippen LogP) is 3.82. The van der Waals surface area contributed by atoms with Gasteiger partial charge in [-0.2, -0.15) is 10.1 Å². The van der Waals surface area contributed by atoms with Gasteiger partial charge in [-0.05, 0) is 24.3 Å². The molecule has 1 aliphatic rings. The molecule has 1 aromatic carbocycles. The third kappa shape index (κ3) is 4.55. The Balaban J connectivity index is 1.40. The second-order valence-corrected chi connectivity index (χ2v) is 6.98. The van der Waals surface area contributed by atoms with E-state index in [4.69, 9.17) is 16.3 Å². The van der Waals surface area contributed by atoms with Crippen molar-refractivity contribution in [2.45, 2.75) is 19.4 Å².